The first kappa shape index (κ1) is 13.7. The smallest absolute Gasteiger partial charge is 0.282 e. The zero-order valence-corrected chi connectivity index (χ0v) is 11.8. The fourth-order valence-electron chi connectivity index (χ4n) is 2.06. The number of amides is 1. The molecule has 0 radical (unpaired) electrons. The number of rotatable bonds is 5. The lowest BCUT2D eigenvalue weighted by Crippen LogP contribution is -2.33. The Morgan fingerprint density at radius 3 is 2.78 bits per heavy atom. The molecule has 5 nitrogen and oxygen atoms in total. The lowest BCUT2D eigenvalue weighted by Gasteiger charge is -2.26. The Kier molecular flexibility index (Phi) is 5.34. The van der Waals surface area contributed by atoms with Crippen molar-refractivity contribution < 1.29 is 4.79 Å². The zero-order chi connectivity index (χ0) is 12.8. The van der Waals surface area contributed by atoms with E-state index >= 15 is 0 Å². The summed E-state index contributed by atoms with van der Waals surface area (Å²) in [6.45, 7) is 4.11. The standard InChI is InChI=1S/C11H17ClN4OS/c12-11-15-14-10(18-11)9(17)13-5-4-8-16-6-2-1-3-7-16/h1-8H2,(H,13,17). The minimum Gasteiger partial charge on any atom is -0.350 e. The van der Waals surface area contributed by atoms with Crippen LogP contribution in [0.1, 0.15) is 35.5 Å². The number of hydrogen-bond donors (Lipinski definition) is 1. The summed E-state index contributed by atoms with van der Waals surface area (Å²) in [4.78, 5) is 14.1. The van der Waals surface area contributed by atoms with Crippen molar-refractivity contribution in [2.75, 3.05) is 26.2 Å². The lowest BCUT2D eigenvalue weighted by molar-refractivity contribution is 0.0950. The van der Waals surface area contributed by atoms with E-state index in [2.05, 4.69) is 20.4 Å². The summed E-state index contributed by atoms with van der Waals surface area (Å²) in [5, 5.41) is 10.5. The van der Waals surface area contributed by atoms with E-state index in [1.165, 1.54) is 32.4 Å². The van der Waals surface area contributed by atoms with Crippen LogP contribution in [-0.4, -0.2) is 47.2 Å². The van der Waals surface area contributed by atoms with Gasteiger partial charge in [0.1, 0.15) is 0 Å². The molecule has 1 aliphatic rings. The molecule has 0 atom stereocenters. The summed E-state index contributed by atoms with van der Waals surface area (Å²) in [7, 11) is 0. The first-order valence-corrected chi connectivity index (χ1v) is 7.45. The average molecular weight is 289 g/mol. The second-order valence-corrected chi connectivity index (χ2v) is 5.93. The van der Waals surface area contributed by atoms with Gasteiger partial charge in [-0.15, -0.1) is 10.2 Å². The molecule has 0 aromatic carbocycles. The summed E-state index contributed by atoms with van der Waals surface area (Å²) >= 11 is 6.73. The highest BCUT2D eigenvalue weighted by Crippen LogP contribution is 2.14. The maximum Gasteiger partial charge on any atom is 0.282 e. The van der Waals surface area contributed by atoms with Gasteiger partial charge in [0.15, 0.2) is 0 Å². The van der Waals surface area contributed by atoms with Crippen molar-refractivity contribution in [1.29, 1.82) is 0 Å². The third-order valence-corrected chi connectivity index (χ3v) is 4.00. The highest BCUT2D eigenvalue weighted by Gasteiger charge is 2.12. The molecule has 1 aromatic rings. The van der Waals surface area contributed by atoms with Crippen molar-refractivity contribution in [3.8, 4) is 0 Å². The second kappa shape index (κ2) is 7.01. The van der Waals surface area contributed by atoms with Gasteiger partial charge < -0.3 is 10.2 Å². The molecule has 1 aliphatic heterocycles. The minimum atomic E-state index is -0.182. The summed E-state index contributed by atoms with van der Waals surface area (Å²) < 4.78 is 0.300. The number of hydrogen-bond acceptors (Lipinski definition) is 5. The van der Waals surface area contributed by atoms with Crippen molar-refractivity contribution in [3.63, 3.8) is 0 Å². The highest BCUT2D eigenvalue weighted by atomic mass is 35.5. The van der Waals surface area contributed by atoms with Crippen LogP contribution in [0.5, 0.6) is 0 Å². The van der Waals surface area contributed by atoms with E-state index in [0.29, 0.717) is 16.0 Å². The predicted molar refractivity (Wildman–Crippen MR) is 72.2 cm³/mol. The van der Waals surface area contributed by atoms with Crippen LogP contribution in [0.25, 0.3) is 0 Å². The molecule has 0 aliphatic carbocycles. The molecule has 1 amide bonds. The Labute approximate surface area is 116 Å². The molecule has 1 fully saturated rings. The Hall–Kier alpha value is -0.720. The molecule has 2 heterocycles. The van der Waals surface area contributed by atoms with E-state index < -0.39 is 0 Å². The van der Waals surface area contributed by atoms with Gasteiger partial charge in [0.25, 0.3) is 5.91 Å². The molecule has 0 spiro atoms. The molecule has 18 heavy (non-hydrogen) atoms. The van der Waals surface area contributed by atoms with Gasteiger partial charge >= 0.3 is 0 Å². The van der Waals surface area contributed by atoms with Gasteiger partial charge in [-0.3, -0.25) is 4.79 Å². The van der Waals surface area contributed by atoms with Crippen LogP contribution in [-0.2, 0) is 0 Å². The van der Waals surface area contributed by atoms with Crippen molar-refractivity contribution in [2.45, 2.75) is 25.7 Å². The Morgan fingerprint density at radius 1 is 1.33 bits per heavy atom. The summed E-state index contributed by atoms with van der Waals surface area (Å²) in [6.07, 6.45) is 4.93. The summed E-state index contributed by atoms with van der Waals surface area (Å²) in [5.41, 5.74) is 0. The number of carbonyl (C=O) groups excluding carboxylic acids is 1. The van der Waals surface area contributed by atoms with Crippen LogP contribution in [0, 0.1) is 0 Å². The first-order valence-electron chi connectivity index (χ1n) is 6.25. The first-order chi connectivity index (χ1) is 8.75. The van der Waals surface area contributed by atoms with E-state index in [0.717, 1.165) is 24.3 Å². The number of nitrogens with zero attached hydrogens (tertiary/aromatic N) is 3. The van der Waals surface area contributed by atoms with Crippen LogP contribution >= 0.6 is 22.9 Å². The Morgan fingerprint density at radius 2 is 2.11 bits per heavy atom. The monoisotopic (exact) mass is 288 g/mol. The molecule has 1 N–H and O–H groups in total. The van der Waals surface area contributed by atoms with Crippen LogP contribution in [0.15, 0.2) is 0 Å². The third-order valence-electron chi connectivity index (χ3n) is 2.98. The van der Waals surface area contributed by atoms with Gasteiger partial charge in [0.2, 0.25) is 9.47 Å². The predicted octanol–water partition coefficient (Wildman–Crippen LogP) is 1.80. The zero-order valence-electron chi connectivity index (χ0n) is 10.2. The van der Waals surface area contributed by atoms with Crippen molar-refractivity contribution in [2.24, 2.45) is 0 Å². The van der Waals surface area contributed by atoms with Crippen molar-refractivity contribution in [1.82, 2.24) is 20.4 Å². The molecule has 7 heteroatoms. The topological polar surface area (TPSA) is 58.1 Å². The number of nitrogens with one attached hydrogen (secondary N) is 1. The maximum atomic E-state index is 11.6. The average Bonchev–Trinajstić information content (AvgIpc) is 2.82. The van der Waals surface area contributed by atoms with Gasteiger partial charge in [0, 0.05) is 6.54 Å². The van der Waals surface area contributed by atoms with Gasteiger partial charge in [0.05, 0.1) is 0 Å². The van der Waals surface area contributed by atoms with Gasteiger partial charge in [-0.25, -0.2) is 0 Å². The van der Waals surface area contributed by atoms with Crippen molar-refractivity contribution >= 4 is 28.8 Å². The molecule has 2 rings (SSSR count). The SMILES string of the molecule is O=C(NCCCN1CCCCC1)c1nnc(Cl)s1. The van der Waals surface area contributed by atoms with Crippen molar-refractivity contribution in [3.05, 3.63) is 9.47 Å². The summed E-state index contributed by atoms with van der Waals surface area (Å²) in [6, 6.07) is 0. The Balaban J connectivity index is 1.61. The highest BCUT2D eigenvalue weighted by molar-refractivity contribution is 7.17. The van der Waals surface area contributed by atoms with E-state index in [1.54, 1.807) is 0 Å². The van der Waals surface area contributed by atoms with Crippen LogP contribution in [0.3, 0.4) is 0 Å². The van der Waals surface area contributed by atoms with Crippen LogP contribution in [0.2, 0.25) is 4.47 Å². The Bertz CT molecular complexity index is 392. The number of piperidine rings is 1. The molecule has 0 bridgehead atoms. The lowest BCUT2D eigenvalue weighted by atomic mass is 10.1. The molecular formula is C11H17ClN4OS. The number of carbonyl (C=O) groups is 1. The maximum absolute atomic E-state index is 11.6. The number of aromatic nitrogens is 2. The minimum absolute atomic E-state index is 0.182. The van der Waals surface area contributed by atoms with Crippen LogP contribution < -0.4 is 5.32 Å². The third kappa shape index (κ3) is 4.19. The quantitative estimate of drug-likeness (QED) is 0.840. The molecule has 1 aromatic heterocycles. The number of likely N-dealkylation sites (tertiary alicyclic amines) is 1. The van der Waals surface area contributed by atoms with Gasteiger partial charge in [-0.1, -0.05) is 17.8 Å². The fraction of sp³-hybridized carbons (Fsp3) is 0.727. The van der Waals surface area contributed by atoms with Gasteiger partial charge in [-0.2, -0.15) is 0 Å². The van der Waals surface area contributed by atoms with E-state index in [1.807, 2.05) is 0 Å². The largest absolute Gasteiger partial charge is 0.350 e. The van der Waals surface area contributed by atoms with E-state index in [9.17, 15) is 4.79 Å². The molecule has 0 unspecified atom stereocenters. The molecule has 100 valence electrons. The molecular weight excluding hydrogens is 272 g/mol. The fourth-order valence-corrected chi connectivity index (χ4v) is 2.81. The molecule has 1 saturated heterocycles. The van der Waals surface area contributed by atoms with E-state index in [-0.39, 0.29) is 5.91 Å². The van der Waals surface area contributed by atoms with E-state index in [4.69, 9.17) is 11.6 Å². The summed E-state index contributed by atoms with van der Waals surface area (Å²) in [5.74, 6) is -0.182. The molecule has 0 saturated carbocycles. The number of halogens is 1. The van der Waals surface area contributed by atoms with Gasteiger partial charge in [-0.05, 0) is 50.5 Å². The normalized spacial score (nSPS) is 16.7. The second-order valence-electron chi connectivity index (χ2n) is 4.37. The van der Waals surface area contributed by atoms with Crippen LogP contribution in [0.4, 0.5) is 0 Å².